The zero-order valence-electron chi connectivity index (χ0n) is 15.0. The predicted molar refractivity (Wildman–Crippen MR) is 110 cm³/mol. The quantitative estimate of drug-likeness (QED) is 0.351. The molecule has 1 saturated heterocycles. The monoisotopic (exact) mass is 431 g/mol. The van der Waals surface area contributed by atoms with E-state index in [2.05, 4.69) is 5.32 Å². The number of phenols is 1. The summed E-state index contributed by atoms with van der Waals surface area (Å²) in [7, 11) is 0. The normalized spacial score (nSPS) is 21.4. The van der Waals surface area contributed by atoms with Gasteiger partial charge in [-0.2, -0.15) is 0 Å². The number of nitrogens with zero attached hydrogens (tertiary/aromatic N) is 1. The number of amides is 2. The van der Waals surface area contributed by atoms with Crippen LogP contribution in [0.1, 0.15) is 18.5 Å². The molecular weight excluding hydrogens is 409 g/mol. The van der Waals surface area contributed by atoms with Crippen molar-refractivity contribution in [3.63, 3.8) is 0 Å². The Morgan fingerprint density at radius 3 is 2.52 bits per heavy atom. The number of allylic oxidation sites excluding steroid dienone is 2. The first-order chi connectivity index (χ1) is 12.8. The molecule has 0 spiro atoms. The van der Waals surface area contributed by atoms with Crippen molar-refractivity contribution in [2.45, 2.75) is 24.4 Å². The van der Waals surface area contributed by atoms with Gasteiger partial charge in [-0.3, -0.25) is 14.5 Å². The molecule has 2 amide bonds. The third-order valence-electron chi connectivity index (χ3n) is 4.40. The van der Waals surface area contributed by atoms with Crippen LogP contribution in [0.4, 0.5) is 0 Å². The molecule has 0 bridgehead atoms. The summed E-state index contributed by atoms with van der Waals surface area (Å²) in [5, 5.41) is 20.9. The SMILES string of the molecule is C/C=C\C1=C(C(=O)O)N2C(=O)[C@@H](NC(=O)[C@H](N)c3ccc(O)cc3)[C@H]2SC1.O.[NaH]. The van der Waals surface area contributed by atoms with E-state index in [1.54, 1.807) is 19.1 Å². The van der Waals surface area contributed by atoms with Crippen LogP contribution in [0.5, 0.6) is 5.75 Å². The topological polar surface area (TPSA) is 164 Å². The Kier molecular flexibility index (Phi) is 8.94. The molecule has 3 atom stereocenters. The fraction of sp³-hybridized carbons (Fsp3) is 0.278. The summed E-state index contributed by atoms with van der Waals surface area (Å²) < 4.78 is 0. The zero-order chi connectivity index (χ0) is 19.7. The summed E-state index contributed by atoms with van der Waals surface area (Å²) >= 11 is 1.39. The fourth-order valence-corrected chi connectivity index (χ4v) is 4.37. The summed E-state index contributed by atoms with van der Waals surface area (Å²) in [5.74, 6) is -1.71. The Morgan fingerprint density at radius 1 is 1.34 bits per heavy atom. The number of carbonyl (C=O) groups is 3. The number of aliphatic carboxylic acids is 1. The summed E-state index contributed by atoms with van der Waals surface area (Å²) in [6.45, 7) is 1.77. The van der Waals surface area contributed by atoms with Crippen LogP contribution in [-0.2, 0) is 14.4 Å². The summed E-state index contributed by atoms with van der Waals surface area (Å²) in [5.41, 5.74) is 6.93. The number of hydrogen-bond acceptors (Lipinski definition) is 6. The molecule has 2 aliphatic heterocycles. The van der Waals surface area contributed by atoms with Gasteiger partial charge in [-0.15, -0.1) is 11.8 Å². The molecule has 2 heterocycles. The van der Waals surface area contributed by atoms with Gasteiger partial charge in [-0.05, 0) is 30.2 Å². The maximum absolute atomic E-state index is 12.5. The average molecular weight is 431 g/mol. The Labute approximate surface area is 193 Å². The molecule has 0 radical (unpaired) electrons. The van der Waals surface area contributed by atoms with Crippen molar-refractivity contribution in [3.05, 3.63) is 53.3 Å². The summed E-state index contributed by atoms with van der Waals surface area (Å²) in [6, 6.07) is 4.06. The van der Waals surface area contributed by atoms with Gasteiger partial charge in [-0.1, -0.05) is 24.3 Å². The molecule has 0 saturated carbocycles. The molecule has 3 rings (SSSR count). The van der Waals surface area contributed by atoms with Crippen molar-refractivity contribution in [1.82, 2.24) is 10.2 Å². The maximum atomic E-state index is 12.5. The average Bonchev–Trinajstić information content (AvgIpc) is 2.65. The van der Waals surface area contributed by atoms with E-state index in [4.69, 9.17) is 5.73 Å². The molecule has 9 nitrogen and oxygen atoms in total. The first-order valence-electron chi connectivity index (χ1n) is 8.24. The van der Waals surface area contributed by atoms with Crippen molar-refractivity contribution in [2.75, 3.05) is 5.75 Å². The first kappa shape index (κ1) is 25.2. The molecule has 0 unspecified atom stereocenters. The number of β-lactam (4-membered cyclic amide) rings is 1. The number of fused-ring (bicyclic) bond motifs is 1. The van der Waals surface area contributed by atoms with Gasteiger partial charge < -0.3 is 26.7 Å². The van der Waals surface area contributed by atoms with Crippen molar-refractivity contribution in [2.24, 2.45) is 5.73 Å². The molecule has 1 fully saturated rings. The number of phenolic OH excluding ortho intramolecular Hbond substituents is 1. The number of thioether (sulfide) groups is 1. The zero-order valence-corrected chi connectivity index (χ0v) is 15.8. The van der Waals surface area contributed by atoms with Gasteiger partial charge in [0.25, 0.3) is 5.91 Å². The van der Waals surface area contributed by atoms with Gasteiger partial charge in [0, 0.05) is 5.75 Å². The van der Waals surface area contributed by atoms with Gasteiger partial charge in [0.15, 0.2) is 0 Å². The Bertz CT molecular complexity index is 858. The summed E-state index contributed by atoms with van der Waals surface area (Å²) in [6.07, 6.45) is 3.39. The van der Waals surface area contributed by atoms with Crippen LogP contribution < -0.4 is 11.1 Å². The molecule has 1 aromatic rings. The van der Waals surface area contributed by atoms with E-state index in [0.29, 0.717) is 16.9 Å². The van der Waals surface area contributed by atoms with Crippen LogP contribution >= 0.6 is 11.8 Å². The number of rotatable bonds is 5. The van der Waals surface area contributed by atoms with E-state index in [9.17, 15) is 24.6 Å². The first-order valence-corrected chi connectivity index (χ1v) is 9.28. The van der Waals surface area contributed by atoms with E-state index in [0.717, 1.165) is 0 Å². The molecule has 11 heteroatoms. The third kappa shape index (κ3) is 4.85. The number of carbonyl (C=O) groups excluding carboxylic acids is 2. The van der Waals surface area contributed by atoms with E-state index in [1.165, 1.54) is 40.9 Å². The van der Waals surface area contributed by atoms with Crippen LogP contribution in [0.15, 0.2) is 47.7 Å². The second-order valence-electron chi connectivity index (χ2n) is 6.14. The summed E-state index contributed by atoms with van der Waals surface area (Å²) in [4.78, 5) is 37.7. The minimum atomic E-state index is -1.17. The van der Waals surface area contributed by atoms with Crippen molar-refractivity contribution in [3.8, 4) is 5.75 Å². The standard InChI is InChI=1S/C18H19N3O5S.Na.H2O.H/c1-2-3-10-8-27-17-13(16(24)21(17)14(10)18(25)26)20-15(23)12(19)9-4-6-11(22)7-5-9;;;/h2-7,12-13,17,22H,8,19H2,1H3,(H,20,23)(H,25,26);;1H2;/b3-2-;;;/t12-,13-,17-;;;/m1.../s1. The van der Waals surface area contributed by atoms with E-state index in [-0.39, 0.29) is 46.5 Å². The van der Waals surface area contributed by atoms with Crippen molar-refractivity contribution >= 4 is 59.1 Å². The molecule has 7 N–H and O–H groups in total. The van der Waals surface area contributed by atoms with Gasteiger partial charge in [0.2, 0.25) is 5.91 Å². The molecule has 29 heavy (non-hydrogen) atoms. The van der Waals surface area contributed by atoms with Crippen LogP contribution in [-0.4, -0.2) is 85.1 Å². The second-order valence-corrected chi connectivity index (χ2v) is 7.25. The number of hydrogen-bond donors (Lipinski definition) is 4. The minimum absolute atomic E-state index is 0. The Hall–Kier alpha value is -1.82. The number of nitrogens with one attached hydrogen (secondary N) is 1. The fourth-order valence-electron chi connectivity index (χ4n) is 3.05. The van der Waals surface area contributed by atoms with Gasteiger partial charge >= 0.3 is 35.5 Å². The molecule has 2 aliphatic rings. The van der Waals surface area contributed by atoms with E-state index in [1.807, 2.05) is 0 Å². The van der Waals surface area contributed by atoms with E-state index < -0.39 is 35.2 Å². The number of aromatic hydroxyl groups is 1. The molecule has 0 aliphatic carbocycles. The van der Waals surface area contributed by atoms with Crippen LogP contribution in [0.25, 0.3) is 0 Å². The van der Waals surface area contributed by atoms with Crippen molar-refractivity contribution < 1.29 is 30.1 Å². The van der Waals surface area contributed by atoms with Crippen LogP contribution in [0, 0.1) is 0 Å². The molecule has 0 aromatic heterocycles. The number of nitrogens with two attached hydrogens (primary N) is 1. The van der Waals surface area contributed by atoms with Gasteiger partial charge in [-0.25, -0.2) is 4.79 Å². The van der Waals surface area contributed by atoms with Crippen LogP contribution in [0.2, 0.25) is 0 Å². The Balaban J connectivity index is 0.00000210. The third-order valence-corrected chi connectivity index (χ3v) is 5.70. The molecule has 152 valence electrons. The number of carboxylic acids is 1. The predicted octanol–water partition coefficient (Wildman–Crippen LogP) is -0.766. The van der Waals surface area contributed by atoms with Crippen molar-refractivity contribution in [1.29, 1.82) is 0 Å². The van der Waals surface area contributed by atoms with Gasteiger partial charge in [0.05, 0.1) is 0 Å². The van der Waals surface area contributed by atoms with Crippen LogP contribution in [0.3, 0.4) is 0 Å². The van der Waals surface area contributed by atoms with E-state index >= 15 is 0 Å². The second kappa shape index (κ2) is 10.3. The number of carboxylic acid groups (broad SMARTS) is 1. The molecule has 1 aromatic carbocycles. The Morgan fingerprint density at radius 2 is 1.97 bits per heavy atom. The van der Waals surface area contributed by atoms with Gasteiger partial charge in [0.1, 0.15) is 28.9 Å². The number of benzene rings is 1. The molecular formula is C18H22N3NaO6S.